The molecular formula is C11H13F4N3O2. The molecule has 0 saturated carbocycles. The van der Waals surface area contributed by atoms with Crippen LogP contribution in [0.4, 0.5) is 23.2 Å². The Bertz CT molecular complexity index is 500. The lowest BCUT2D eigenvalue weighted by molar-refractivity contribution is -0.192. The van der Waals surface area contributed by atoms with Gasteiger partial charge in [0.05, 0.1) is 5.69 Å². The minimum absolute atomic E-state index is 0.0228. The number of carboxylic acids is 1. The summed E-state index contributed by atoms with van der Waals surface area (Å²) in [5.74, 6) is -2.99. The van der Waals surface area contributed by atoms with Gasteiger partial charge in [0.2, 0.25) is 0 Å². The highest BCUT2D eigenvalue weighted by molar-refractivity contribution is 5.79. The van der Waals surface area contributed by atoms with Crippen molar-refractivity contribution >= 4 is 17.6 Å². The molecule has 1 rings (SSSR count). The number of carboxylic acid groups (broad SMARTS) is 1. The number of aliphatic carboxylic acids is 1. The van der Waals surface area contributed by atoms with Gasteiger partial charge in [-0.05, 0) is 37.1 Å². The van der Waals surface area contributed by atoms with E-state index in [2.05, 4.69) is 4.99 Å². The molecule has 0 aromatic heterocycles. The molecule has 0 amide bonds. The van der Waals surface area contributed by atoms with Crippen molar-refractivity contribution in [1.82, 2.24) is 0 Å². The number of aliphatic imine (C=N–C) groups is 1. The summed E-state index contributed by atoms with van der Waals surface area (Å²) in [5, 5.41) is 7.12. The van der Waals surface area contributed by atoms with Crippen molar-refractivity contribution in [2.24, 2.45) is 16.5 Å². The molecule has 0 atom stereocenters. The summed E-state index contributed by atoms with van der Waals surface area (Å²) in [5.41, 5.74) is 12.1. The quantitative estimate of drug-likeness (QED) is 0.419. The Morgan fingerprint density at radius 2 is 1.55 bits per heavy atom. The second-order valence-electron chi connectivity index (χ2n) is 3.73. The molecular weight excluding hydrogens is 282 g/mol. The highest BCUT2D eigenvalue weighted by atomic mass is 19.4. The van der Waals surface area contributed by atoms with Crippen LogP contribution in [0.5, 0.6) is 0 Å². The van der Waals surface area contributed by atoms with Gasteiger partial charge >= 0.3 is 12.1 Å². The largest absolute Gasteiger partial charge is 0.490 e. The molecule has 0 aliphatic rings. The van der Waals surface area contributed by atoms with E-state index in [0.29, 0.717) is 16.8 Å². The minimum atomic E-state index is -5.08. The molecule has 20 heavy (non-hydrogen) atoms. The Labute approximate surface area is 111 Å². The van der Waals surface area contributed by atoms with E-state index in [4.69, 9.17) is 21.4 Å². The number of carbonyl (C=O) groups is 1. The topological polar surface area (TPSA) is 102 Å². The molecule has 0 heterocycles. The lowest BCUT2D eigenvalue weighted by Crippen LogP contribution is -2.21. The summed E-state index contributed by atoms with van der Waals surface area (Å²) in [6, 6.07) is 3.20. The number of hydrogen-bond donors (Lipinski definition) is 3. The van der Waals surface area contributed by atoms with Crippen molar-refractivity contribution in [1.29, 1.82) is 0 Å². The molecule has 0 unspecified atom stereocenters. The van der Waals surface area contributed by atoms with Gasteiger partial charge in [-0.25, -0.2) is 14.2 Å². The number of nitrogens with two attached hydrogens (primary N) is 2. The number of benzene rings is 1. The van der Waals surface area contributed by atoms with Gasteiger partial charge in [-0.3, -0.25) is 0 Å². The second-order valence-corrected chi connectivity index (χ2v) is 3.73. The number of hydrogen-bond acceptors (Lipinski definition) is 2. The molecule has 1 aromatic rings. The monoisotopic (exact) mass is 295 g/mol. The molecule has 0 saturated heterocycles. The van der Waals surface area contributed by atoms with E-state index in [9.17, 15) is 17.6 Å². The smallest absolute Gasteiger partial charge is 0.475 e. The van der Waals surface area contributed by atoms with Crippen molar-refractivity contribution in [2.75, 3.05) is 0 Å². The van der Waals surface area contributed by atoms with Crippen LogP contribution in [0.3, 0.4) is 0 Å². The normalized spacial score (nSPS) is 10.3. The summed E-state index contributed by atoms with van der Waals surface area (Å²) in [7, 11) is 0. The maximum atomic E-state index is 13.1. The Morgan fingerprint density at radius 1 is 1.20 bits per heavy atom. The summed E-state index contributed by atoms with van der Waals surface area (Å²) in [6.45, 7) is 3.35. The van der Waals surface area contributed by atoms with Gasteiger partial charge < -0.3 is 16.6 Å². The summed E-state index contributed by atoms with van der Waals surface area (Å²) in [6.07, 6.45) is -5.08. The van der Waals surface area contributed by atoms with E-state index in [1.54, 1.807) is 26.0 Å². The lowest BCUT2D eigenvalue weighted by atomic mass is 10.1. The van der Waals surface area contributed by atoms with Crippen LogP contribution >= 0.6 is 0 Å². The SMILES string of the molecule is Cc1cc(N=C(N)N)cc(C)c1F.O=C(O)C(F)(F)F. The first-order chi connectivity index (χ1) is 8.95. The Kier molecular flexibility index (Phi) is 5.95. The third-order valence-corrected chi connectivity index (χ3v) is 1.92. The fourth-order valence-corrected chi connectivity index (χ4v) is 1.14. The maximum Gasteiger partial charge on any atom is 0.490 e. The van der Waals surface area contributed by atoms with E-state index in [-0.39, 0.29) is 11.8 Å². The highest BCUT2D eigenvalue weighted by Gasteiger charge is 2.38. The third kappa shape index (κ3) is 6.03. The van der Waals surface area contributed by atoms with Gasteiger partial charge in [-0.2, -0.15) is 13.2 Å². The molecule has 5 N–H and O–H groups in total. The van der Waals surface area contributed by atoms with Gasteiger partial charge in [-0.15, -0.1) is 0 Å². The average molecular weight is 295 g/mol. The first kappa shape index (κ1) is 17.7. The Morgan fingerprint density at radius 3 is 1.80 bits per heavy atom. The van der Waals surface area contributed by atoms with Crippen LogP contribution in [0, 0.1) is 19.7 Å². The molecule has 9 heteroatoms. The van der Waals surface area contributed by atoms with Crippen molar-refractivity contribution in [3.8, 4) is 0 Å². The van der Waals surface area contributed by atoms with Crippen LogP contribution in [0.1, 0.15) is 11.1 Å². The Hall–Kier alpha value is -2.32. The summed E-state index contributed by atoms with van der Waals surface area (Å²) in [4.78, 5) is 12.7. The van der Waals surface area contributed by atoms with E-state index < -0.39 is 12.1 Å². The molecule has 0 radical (unpaired) electrons. The van der Waals surface area contributed by atoms with Crippen LogP contribution < -0.4 is 11.5 Å². The van der Waals surface area contributed by atoms with Crippen molar-refractivity contribution in [3.05, 3.63) is 29.1 Å². The third-order valence-electron chi connectivity index (χ3n) is 1.92. The van der Waals surface area contributed by atoms with Crippen molar-refractivity contribution < 1.29 is 27.5 Å². The zero-order valence-electron chi connectivity index (χ0n) is 10.6. The highest BCUT2D eigenvalue weighted by Crippen LogP contribution is 2.20. The number of guanidine groups is 1. The number of alkyl halides is 3. The van der Waals surface area contributed by atoms with Crippen LogP contribution in [-0.2, 0) is 4.79 Å². The fraction of sp³-hybridized carbons (Fsp3) is 0.273. The van der Waals surface area contributed by atoms with Gasteiger partial charge in [0.1, 0.15) is 5.82 Å². The number of halogens is 4. The first-order valence-electron chi connectivity index (χ1n) is 5.11. The summed E-state index contributed by atoms with van der Waals surface area (Å²) < 4.78 is 44.9. The second kappa shape index (κ2) is 6.73. The van der Waals surface area contributed by atoms with Gasteiger partial charge in [0.25, 0.3) is 0 Å². The average Bonchev–Trinajstić information content (AvgIpc) is 2.24. The Balaban J connectivity index is 0.000000441. The van der Waals surface area contributed by atoms with Crippen molar-refractivity contribution in [3.63, 3.8) is 0 Å². The van der Waals surface area contributed by atoms with Gasteiger partial charge in [0, 0.05) is 0 Å². The number of nitrogens with zero attached hydrogens (tertiary/aromatic N) is 1. The molecule has 112 valence electrons. The van der Waals surface area contributed by atoms with E-state index in [1.807, 2.05) is 0 Å². The number of rotatable bonds is 1. The van der Waals surface area contributed by atoms with Crippen molar-refractivity contribution in [2.45, 2.75) is 20.0 Å². The standard InChI is InChI=1S/C9H12FN3.C2HF3O2/c1-5-3-7(13-9(11)12)4-6(2)8(5)10;3-2(4,5)1(6)7/h3-4H,1-2H3,(H4,11,12,13);(H,6,7). The molecule has 5 nitrogen and oxygen atoms in total. The van der Waals surface area contributed by atoms with E-state index in [1.165, 1.54) is 0 Å². The first-order valence-corrected chi connectivity index (χ1v) is 5.11. The summed E-state index contributed by atoms with van der Waals surface area (Å²) >= 11 is 0. The lowest BCUT2D eigenvalue weighted by Gasteiger charge is -2.02. The van der Waals surface area contributed by atoms with Gasteiger partial charge in [0.15, 0.2) is 5.96 Å². The molecule has 0 aliphatic heterocycles. The van der Waals surface area contributed by atoms with Crippen LogP contribution in [-0.4, -0.2) is 23.2 Å². The molecule has 0 aliphatic carbocycles. The predicted molar refractivity (Wildman–Crippen MR) is 65.0 cm³/mol. The van der Waals surface area contributed by atoms with E-state index >= 15 is 0 Å². The zero-order chi connectivity index (χ0) is 16.1. The van der Waals surface area contributed by atoms with Crippen LogP contribution in [0.25, 0.3) is 0 Å². The molecule has 1 aromatic carbocycles. The molecule has 0 bridgehead atoms. The fourth-order valence-electron chi connectivity index (χ4n) is 1.14. The van der Waals surface area contributed by atoms with Gasteiger partial charge in [-0.1, -0.05) is 0 Å². The number of aryl methyl sites for hydroxylation is 2. The maximum absolute atomic E-state index is 13.1. The predicted octanol–water partition coefficient (Wildman–Crippen LogP) is 1.98. The molecule has 0 spiro atoms. The van der Waals surface area contributed by atoms with E-state index in [0.717, 1.165) is 0 Å². The zero-order valence-corrected chi connectivity index (χ0v) is 10.6. The van der Waals surface area contributed by atoms with Crippen LogP contribution in [0.15, 0.2) is 17.1 Å². The van der Waals surface area contributed by atoms with Crippen LogP contribution in [0.2, 0.25) is 0 Å². The molecule has 0 fully saturated rings. The minimum Gasteiger partial charge on any atom is -0.475 e.